The van der Waals surface area contributed by atoms with Crippen molar-refractivity contribution in [2.24, 2.45) is 0 Å². The number of halogens is 1. The van der Waals surface area contributed by atoms with E-state index in [1.54, 1.807) is 6.92 Å². The second kappa shape index (κ2) is 2.52. The van der Waals surface area contributed by atoms with Crippen LogP contribution in [-0.2, 0) is 0 Å². The topological polar surface area (TPSA) is 54.0 Å². The van der Waals surface area contributed by atoms with Crippen LogP contribution in [0.4, 0.5) is 4.39 Å². The molecule has 0 aliphatic rings. The molecule has 0 spiro atoms. The van der Waals surface area contributed by atoms with Gasteiger partial charge in [0.1, 0.15) is 11.6 Å². The highest BCUT2D eigenvalue weighted by Crippen LogP contribution is 2.11. The second-order valence-corrected chi connectivity index (χ2v) is 2.61. The van der Waals surface area contributed by atoms with Crippen LogP contribution in [0.3, 0.4) is 0 Å². The van der Waals surface area contributed by atoms with Crippen LogP contribution >= 0.6 is 0 Å². The highest BCUT2D eigenvalue weighted by atomic mass is 19.1. The lowest BCUT2D eigenvalue weighted by Crippen LogP contribution is -1.91. The van der Waals surface area contributed by atoms with Gasteiger partial charge in [0, 0.05) is 0 Å². The third-order valence-electron chi connectivity index (χ3n) is 1.73. The first kappa shape index (κ1) is 7.68. The Balaban J connectivity index is 2.88. The SMILES string of the molecule is Cc1nn2cc(F)cnc2c1C#N. The van der Waals surface area contributed by atoms with E-state index in [9.17, 15) is 4.39 Å². The third kappa shape index (κ3) is 1.04. The number of rotatable bonds is 0. The minimum absolute atomic E-state index is 0.389. The Bertz CT molecular complexity index is 509. The maximum atomic E-state index is 12.7. The van der Waals surface area contributed by atoms with Crippen LogP contribution < -0.4 is 0 Å². The van der Waals surface area contributed by atoms with Crippen LogP contribution in [0.15, 0.2) is 12.4 Å². The van der Waals surface area contributed by atoms with Gasteiger partial charge in [-0.1, -0.05) is 0 Å². The van der Waals surface area contributed by atoms with Gasteiger partial charge in [0.15, 0.2) is 11.5 Å². The van der Waals surface area contributed by atoms with Crippen molar-refractivity contribution in [3.8, 4) is 6.07 Å². The van der Waals surface area contributed by atoms with Crippen LogP contribution in [0, 0.1) is 24.1 Å². The van der Waals surface area contributed by atoms with Crippen LogP contribution in [-0.4, -0.2) is 14.6 Å². The molecule has 0 N–H and O–H groups in total. The van der Waals surface area contributed by atoms with E-state index in [0.717, 1.165) is 6.20 Å². The molecule has 2 aromatic rings. The summed E-state index contributed by atoms with van der Waals surface area (Å²) in [6.45, 7) is 1.69. The fraction of sp³-hybridized carbons (Fsp3) is 0.125. The van der Waals surface area contributed by atoms with Gasteiger partial charge in [-0.3, -0.25) is 0 Å². The lowest BCUT2D eigenvalue weighted by Gasteiger charge is -1.90. The Hall–Kier alpha value is -1.96. The first-order valence-electron chi connectivity index (χ1n) is 3.63. The summed E-state index contributed by atoms with van der Waals surface area (Å²) in [5.41, 5.74) is 1.34. The van der Waals surface area contributed by atoms with Crippen LogP contribution in [0.25, 0.3) is 5.65 Å². The lowest BCUT2D eigenvalue weighted by atomic mass is 10.3. The summed E-state index contributed by atoms with van der Waals surface area (Å²) in [5.74, 6) is -0.473. The predicted octanol–water partition coefficient (Wildman–Crippen LogP) is 1.05. The Labute approximate surface area is 73.2 Å². The third-order valence-corrected chi connectivity index (χ3v) is 1.73. The molecular weight excluding hydrogens is 171 g/mol. The summed E-state index contributed by atoms with van der Waals surface area (Å²) in [6, 6.07) is 1.97. The number of hydrogen-bond donors (Lipinski definition) is 0. The van der Waals surface area contributed by atoms with Gasteiger partial charge in [0.05, 0.1) is 18.1 Å². The van der Waals surface area contributed by atoms with Gasteiger partial charge in [0.2, 0.25) is 0 Å². The molecule has 0 bridgehead atoms. The molecule has 0 saturated carbocycles. The minimum atomic E-state index is -0.473. The molecule has 0 fully saturated rings. The number of aromatic nitrogens is 3. The fourth-order valence-electron chi connectivity index (χ4n) is 1.15. The van der Waals surface area contributed by atoms with Gasteiger partial charge in [0.25, 0.3) is 0 Å². The summed E-state index contributed by atoms with van der Waals surface area (Å²) >= 11 is 0. The van der Waals surface area contributed by atoms with Crippen molar-refractivity contribution in [1.29, 1.82) is 5.26 Å². The summed E-state index contributed by atoms with van der Waals surface area (Å²) in [4.78, 5) is 3.78. The molecule has 0 aliphatic carbocycles. The van der Waals surface area contributed by atoms with Crippen LogP contribution in [0.5, 0.6) is 0 Å². The first-order valence-corrected chi connectivity index (χ1v) is 3.63. The molecule has 2 aromatic heterocycles. The van der Waals surface area contributed by atoms with Crippen molar-refractivity contribution in [2.75, 3.05) is 0 Å². The van der Waals surface area contributed by atoms with E-state index in [1.165, 1.54) is 10.7 Å². The Morgan fingerprint density at radius 3 is 3.08 bits per heavy atom. The summed E-state index contributed by atoms with van der Waals surface area (Å²) in [7, 11) is 0. The standard InChI is InChI=1S/C8H5FN4/c1-5-7(2-10)8-11-3-6(9)4-13(8)12-5/h3-4H,1H3. The van der Waals surface area contributed by atoms with Crippen LogP contribution in [0.2, 0.25) is 0 Å². The quantitative estimate of drug-likeness (QED) is 0.602. The summed E-state index contributed by atoms with van der Waals surface area (Å²) in [6.07, 6.45) is 2.26. The average molecular weight is 176 g/mol. The van der Waals surface area contributed by atoms with Crippen molar-refractivity contribution >= 4 is 5.65 Å². The number of nitrogens with zero attached hydrogens (tertiary/aromatic N) is 4. The lowest BCUT2D eigenvalue weighted by molar-refractivity contribution is 0.606. The van der Waals surface area contributed by atoms with Crippen LogP contribution in [0.1, 0.15) is 11.3 Å². The summed E-state index contributed by atoms with van der Waals surface area (Å²) in [5, 5.41) is 12.7. The maximum Gasteiger partial charge on any atom is 0.173 e. The van der Waals surface area contributed by atoms with Crippen molar-refractivity contribution < 1.29 is 4.39 Å². The van der Waals surface area contributed by atoms with E-state index in [2.05, 4.69) is 10.1 Å². The summed E-state index contributed by atoms with van der Waals surface area (Å²) < 4.78 is 13.9. The highest BCUT2D eigenvalue weighted by Gasteiger charge is 2.09. The molecule has 0 amide bonds. The molecule has 2 heterocycles. The highest BCUT2D eigenvalue weighted by molar-refractivity contribution is 5.56. The molecule has 64 valence electrons. The second-order valence-electron chi connectivity index (χ2n) is 2.61. The van der Waals surface area contributed by atoms with Gasteiger partial charge >= 0.3 is 0 Å². The number of fused-ring (bicyclic) bond motifs is 1. The molecule has 4 nitrogen and oxygen atoms in total. The Morgan fingerprint density at radius 1 is 1.62 bits per heavy atom. The zero-order chi connectivity index (χ0) is 9.42. The minimum Gasteiger partial charge on any atom is -0.233 e. The van der Waals surface area contributed by atoms with Gasteiger partial charge in [-0.05, 0) is 6.92 Å². The zero-order valence-electron chi connectivity index (χ0n) is 6.82. The van der Waals surface area contributed by atoms with E-state index < -0.39 is 5.82 Å². The fourth-order valence-corrected chi connectivity index (χ4v) is 1.15. The van der Waals surface area contributed by atoms with Gasteiger partial charge in [-0.15, -0.1) is 0 Å². The molecule has 0 radical (unpaired) electrons. The molecule has 0 saturated heterocycles. The number of nitriles is 1. The zero-order valence-corrected chi connectivity index (χ0v) is 6.82. The molecule has 5 heteroatoms. The Kier molecular flexibility index (Phi) is 1.49. The number of aryl methyl sites for hydroxylation is 1. The predicted molar refractivity (Wildman–Crippen MR) is 42.4 cm³/mol. The monoisotopic (exact) mass is 176 g/mol. The molecule has 2 rings (SSSR count). The van der Waals surface area contributed by atoms with Crippen molar-refractivity contribution in [1.82, 2.24) is 14.6 Å². The molecule has 13 heavy (non-hydrogen) atoms. The van der Waals surface area contributed by atoms with Gasteiger partial charge in [-0.2, -0.15) is 10.4 Å². The Morgan fingerprint density at radius 2 is 2.38 bits per heavy atom. The van der Waals surface area contributed by atoms with E-state index in [0.29, 0.717) is 16.9 Å². The van der Waals surface area contributed by atoms with Gasteiger partial charge in [-0.25, -0.2) is 13.9 Å². The maximum absolute atomic E-state index is 12.7. The molecule has 0 unspecified atom stereocenters. The van der Waals surface area contributed by atoms with E-state index in [1.807, 2.05) is 6.07 Å². The number of hydrogen-bond acceptors (Lipinski definition) is 3. The van der Waals surface area contributed by atoms with E-state index in [-0.39, 0.29) is 0 Å². The molecule has 0 atom stereocenters. The normalized spacial score (nSPS) is 10.2. The van der Waals surface area contributed by atoms with Gasteiger partial charge < -0.3 is 0 Å². The average Bonchev–Trinajstić information content (AvgIpc) is 2.39. The van der Waals surface area contributed by atoms with Crippen molar-refractivity contribution in [2.45, 2.75) is 6.92 Å². The smallest absolute Gasteiger partial charge is 0.173 e. The molecule has 0 aromatic carbocycles. The van der Waals surface area contributed by atoms with E-state index >= 15 is 0 Å². The molecule has 0 aliphatic heterocycles. The first-order chi connectivity index (χ1) is 6.22. The van der Waals surface area contributed by atoms with Crippen molar-refractivity contribution in [3.05, 3.63) is 29.5 Å². The molecular formula is C8H5FN4. The van der Waals surface area contributed by atoms with Crippen molar-refractivity contribution in [3.63, 3.8) is 0 Å². The largest absolute Gasteiger partial charge is 0.233 e. The van der Waals surface area contributed by atoms with E-state index in [4.69, 9.17) is 5.26 Å².